The predicted octanol–water partition coefficient (Wildman–Crippen LogP) is 3.13. The van der Waals surface area contributed by atoms with Gasteiger partial charge in [-0.15, -0.1) is 0 Å². The summed E-state index contributed by atoms with van der Waals surface area (Å²) in [6.07, 6.45) is 7.24. The highest BCUT2D eigenvalue weighted by Gasteiger charge is 2.13. The van der Waals surface area contributed by atoms with E-state index in [-0.39, 0.29) is 11.8 Å². The molecule has 1 atom stereocenters. The standard InChI is InChI=1S/C13H19FN2O2/c1-3-4-5-6-7-10(2)18-13(17)11-8-16-12(14)9-15-11/h8-10H,3-7H2,1-2H3/t10-/m1/s1. The van der Waals surface area contributed by atoms with Gasteiger partial charge in [-0.2, -0.15) is 4.39 Å². The zero-order valence-corrected chi connectivity index (χ0v) is 10.9. The normalized spacial score (nSPS) is 12.2. The molecule has 5 heteroatoms. The van der Waals surface area contributed by atoms with Crippen molar-refractivity contribution >= 4 is 5.97 Å². The predicted molar refractivity (Wildman–Crippen MR) is 65.6 cm³/mol. The maximum atomic E-state index is 12.5. The molecule has 18 heavy (non-hydrogen) atoms. The van der Waals surface area contributed by atoms with Crippen molar-refractivity contribution in [1.82, 2.24) is 9.97 Å². The minimum Gasteiger partial charge on any atom is -0.458 e. The van der Waals surface area contributed by atoms with Gasteiger partial charge in [0.05, 0.1) is 18.5 Å². The van der Waals surface area contributed by atoms with Crippen molar-refractivity contribution in [3.8, 4) is 0 Å². The van der Waals surface area contributed by atoms with E-state index in [4.69, 9.17) is 4.74 Å². The summed E-state index contributed by atoms with van der Waals surface area (Å²) in [7, 11) is 0. The summed E-state index contributed by atoms with van der Waals surface area (Å²) < 4.78 is 17.7. The second-order valence-electron chi connectivity index (χ2n) is 4.29. The molecule has 0 unspecified atom stereocenters. The fourth-order valence-electron chi connectivity index (χ4n) is 1.58. The molecule has 0 bridgehead atoms. The van der Waals surface area contributed by atoms with Crippen molar-refractivity contribution in [2.75, 3.05) is 0 Å². The molecule has 0 N–H and O–H groups in total. The first kappa shape index (κ1) is 14.5. The number of halogens is 1. The lowest BCUT2D eigenvalue weighted by molar-refractivity contribution is 0.0311. The molecule has 0 aliphatic rings. The molecule has 0 fully saturated rings. The van der Waals surface area contributed by atoms with E-state index in [1.165, 1.54) is 12.8 Å². The number of hydrogen-bond acceptors (Lipinski definition) is 4. The van der Waals surface area contributed by atoms with E-state index in [0.717, 1.165) is 31.7 Å². The number of ether oxygens (including phenoxy) is 1. The molecule has 1 heterocycles. The molecule has 1 rings (SSSR count). The van der Waals surface area contributed by atoms with Crippen LogP contribution in [-0.2, 0) is 4.74 Å². The second kappa shape index (κ2) is 7.74. The molecule has 0 aliphatic carbocycles. The summed E-state index contributed by atoms with van der Waals surface area (Å²) in [4.78, 5) is 18.6. The average molecular weight is 254 g/mol. The minimum atomic E-state index is -0.709. The Hall–Kier alpha value is -1.52. The van der Waals surface area contributed by atoms with Crippen LogP contribution in [0.25, 0.3) is 0 Å². The van der Waals surface area contributed by atoms with Crippen molar-refractivity contribution in [3.63, 3.8) is 0 Å². The van der Waals surface area contributed by atoms with Crippen LogP contribution in [0.15, 0.2) is 12.4 Å². The lowest BCUT2D eigenvalue weighted by Crippen LogP contribution is -2.16. The van der Waals surface area contributed by atoms with Crippen molar-refractivity contribution < 1.29 is 13.9 Å². The van der Waals surface area contributed by atoms with E-state index in [2.05, 4.69) is 16.9 Å². The van der Waals surface area contributed by atoms with Crippen LogP contribution < -0.4 is 0 Å². The van der Waals surface area contributed by atoms with Crippen LogP contribution in [0.3, 0.4) is 0 Å². The highest BCUT2D eigenvalue weighted by molar-refractivity contribution is 5.86. The number of hydrogen-bond donors (Lipinski definition) is 0. The van der Waals surface area contributed by atoms with Crippen LogP contribution in [0.5, 0.6) is 0 Å². The summed E-state index contributed by atoms with van der Waals surface area (Å²) in [6.45, 7) is 4.00. The molecular formula is C13H19FN2O2. The molecule has 0 radical (unpaired) electrons. The largest absolute Gasteiger partial charge is 0.458 e. The Bertz CT molecular complexity index is 368. The Morgan fingerprint density at radius 2 is 2.11 bits per heavy atom. The Morgan fingerprint density at radius 1 is 1.33 bits per heavy atom. The monoisotopic (exact) mass is 254 g/mol. The number of rotatable bonds is 7. The Kier molecular flexibility index (Phi) is 6.25. The van der Waals surface area contributed by atoms with Crippen LogP contribution in [-0.4, -0.2) is 22.0 Å². The van der Waals surface area contributed by atoms with Gasteiger partial charge in [0.15, 0.2) is 5.69 Å². The number of unbranched alkanes of at least 4 members (excludes halogenated alkanes) is 3. The number of aromatic nitrogens is 2. The van der Waals surface area contributed by atoms with E-state index in [9.17, 15) is 9.18 Å². The summed E-state index contributed by atoms with van der Waals surface area (Å²) in [5, 5.41) is 0. The summed E-state index contributed by atoms with van der Waals surface area (Å²) in [5.41, 5.74) is 0.0387. The van der Waals surface area contributed by atoms with Gasteiger partial charge >= 0.3 is 5.97 Å². The quantitative estimate of drug-likeness (QED) is 0.554. The van der Waals surface area contributed by atoms with Crippen LogP contribution in [0.1, 0.15) is 56.4 Å². The Balaban J connectivity index is 2.33. The van der Waals surface area contributed by atoms with Crippen LogP contribution >= 0.6 is 0 Å². The molecule has 100 valence electrons. The SMILES string of the molecule is CCCCCC[C@@H](C)OC(=O)c1cnc(F)cn1. The third-order valence-electron chi connectivity index (χ3n) is 2.60. The van der Waals surface area contributed by atoms with E-state index in [1.54, 1.807) is 0 Å². The molecule has 0 saturated carbocycles. The van der Waals surface area contributed by atoms with Gasteiger partial charge in [0, 0.05) is 0 Å². The van der Waals surface area contributed by atoms with Crippen molar-refractivity contribution in [2.24, 2.45) is 0 Å². The van der Waals surface area contributed by atoms with Gasteiger partial charge in [-0.05, 0) is 19.8 Å². The van der Waals surface area contributed by atoms with Gasteiger partial charge in [-0.25, -0.2) is 14.8 Å². The Morgan fingerprint density at radius 3 is 2.72 bits per heavy atom. The zero-order valence-electron chi connectivity index (χ0n) is 10.9. The molecule has 4 nitrogen and oxygen atoms in total. The molecule has 0 saturated heterocycles. The fraction of sp³-hybridized carbons (Fsp3) is 0.615. The highest BCUT2D eigenvalue weighted by atomic mass is 19.1. The van der Waals surface area contributed by atoms with Crippen LogP contribution in [0.2, 0.25) is 0 Å². The van der Waals surface area contributed by atoms with Gasteiger partial charge < -0.3 is 4.74 Å². The van der Waals surface area contributed by atoms with Crippen LogP contribution in [0, 0.1) is 5.95 Å². The molecule has 0 spiro atoms. The van der Waals surface area contributed by atoms with Gasteiger partial charge in [-0.1, -0.05) is 26.2 Å². The first-order valence-electron chi connectivity index (χ1n) is 6.32. The molecule has 0 aliphatic heterocycles. The van der Waals surface area contributed by atoms with E-state index in [0.29, 0.717) is 0 Å². The topological polar surface area (TPSA) is 52.1 Å². The summed E-state index contributed by atoms with van der Waals surface area (Å²) >= 11 is 0. The van der Waals surface area contributed by atoms with Crippen molar-refractivity contribution in [1.29, 1.82) is 0 Å². The van der Waals surface area contributed by atoms with Gasteiger partial charge in [0.2, 0.25) is 5.95 Å². The lowest BCUT2D eigenvalue weighted by atomic mass is 10.1. The van der Waals surface area contributed by atoms with Gasteiger partial charge in [0.1, 0.15) is 0 Å². The Labute approximate surface area is 107 Å². The summed E-state index contributed by atoms with van der Waals surface area (Å²) in [6, 6.07) is 0. The van der Waals surface area contributed by atoms with Gasteiger partial charge in [0.25, 0.3) is 0 Å². The summed E-state index contributed by atoms with van der Waals surface area (Å²) in [5.74, 6) is -1.26. The van der Waals surface area contributed by atoms with E-state index >= 15 is 0 Å². The van der Waals surface area contributed by atoms with Crippen molar-refractivity contribution in [2.45, 2.75) is 52.1 Å². The average Bonchev–Trinajstić information content (AvgIpc) is 2.35. The molecule has 1 aromatic heterocycles. The number of carbonyl (C=O) groups is 1. The first-order chi connectivity index (χ1) is 8.63. The maximum Gasteiger partial charge on any atom is 0.358 e. The first-order valence-corrected chi connectivity index (χ1v) is 6.32. The van der Waals surface area contributed by atoms with Gasteiger partial charge in [-0.3, -0.25) is 0 Å². The lowest BCUT2D eigenvalue weighted by Gasteiger charge is -2.12. The molecule has 0 aromatic carbocycles. The number of esters is 1. The second-order valence-corrected chi connectivity index (χ2v) is 4.29. The third-order valence-corrected chi connectivity index (χ3v) is 2.60. The van der Waals surface area contributed by atoms with Crippen LogP contribution in [0.4, 0.5) is 4.39 Å². The van der Waals surface area contributed by atoms with Crippen molar-refractivity contribution in [3.05, 3.63) is 24.0 Å². The van der Waals surface area contributed by atoms with E-state index in [1.807, 2.05) is 6.92 Å². The molecular weight excluding hydrogens is 235 g/mol. The minimum absolute atomic E-state index is 0.0387. The number of carbonyl (C=O) groups excluding carboxylic acids is 1. The maximum absolute atomic E-state index is 12.5. The number of nitrogens with zero attached hydrogens (tertiary/aromatic N) is 2. The fourth-order valence-corrected chi connectivity index (χ4v) is 1.58. The molecule has 1 aromatic rings. The third kappa shape index (κ3) is 5.21. The molecule has 0 amide bonds. The smallest absolute Gasteiger partial charge is 0.358 e. The van der Waals surface area contributed by atoms with E-state index < -0.39 is 11.9 Å². The zero-order chi connectivity index (χ0) is 13.4. The highest BCUT2D eigenvalue weighted by Crippen LogP contribution is 2.09.